The van der Waals surface area contributed by atoms with Crippen molar-refractivity contribution in [2.24, 2.45) is 10.2 Å². The zero-order valence-electron chi connectivity index (χ0n) is 19.8. The fraction of sp³-hybridized carbons (Fsp3) is 0.222. The third-order valence-electron chi connectivity index (χ3n) is 6.38. The van der Waals surface area contributed by atoms with E-state index in [0.29, 0.717) is 40.2 Å². The van der Waals surface area contributed by atoms with Crippen molar-refractivity contribution in [2.45, 2.75) is 25.7 Å². The minimum atomic E-state index is -4.61. The molecule has 0 saturated heterocycles. The van der Waals surface area contributed by atoms with Gasteiger partial charge in [-0.15, -0.1) is 0 Å². The number of azo groups is 1. The van der Waals surface area contributed by atoms with Crippen LogP contribution in [0.15, 0.2) is 89.0 Å². The fourth-order valence-electron chi connectivity index (χ4n) is 4.60. The largest absolute Gasteiger partial charge is 0.406 e. The van der Waals surface area contributed by atoms with Gasteiger partial charge in [-0.1, -0.05) is 30.3 Å². The van der Waals surface area contributed by atoms with Crippen molar-refractivity contribution < 1.29 is 22.8 Å². The molecule has 1 unspecified atom stereocenters. The summed E-state index contributed by atoms with van der Waals surface area (Å²) < 4.78 is 40.3. The van der Waals surface area contributed by atoms with E-state index in [1.54, 1.807) is 53.7 Å². The van der Waals surface area contributed by atoms with Gasteiger partial charge in [0.05, 0.1) is 17.5 Å². The molecule has 1 atom stereocenters. The smallest absolute Gasteiger partial charge is 0.335 e. The number of benzene rings is 2. The maximum absolute atomic E-state index is 13.6. The van der Waals surface area contributed by atoms with Crippen LogP contribution in [0.5, 0.6) is 0 Å². The fourth-order valence-corrected chi connectivity index (χ4v) is 4.60. The van der Waals surface area contributed by atoms with E-state index in [4.69, 9.17) is 0 Å². The molecular formula is C27H22F3N5O2. The number of carbonyl (C=O) groups excluding carboxylic acids is 2. The van der Waals surface area contributed by atoms with Crippen LogP contribution in [-0.4, -0.2) is 41.0 Å². The summed E-state index contributed by atoms with van der Waals surface area (Å²) in [4.78, 5) is 32.9. The van der Waals surface area contributed by atoms with Gasteiger partial charge in [0.15, 0.2) is 0 Å². The number of rotatable bonds is 6. The molecule has 2 aromatic carbocycles. The van der Waals surface area contributed by atoms with Gasteiger partial charge in [0.25, 0.3) is 11.8 Å². The van der Waals surface area contributed by atoms with Gasteiger partial charge in [0.2, 0.25) is 0 Å². The Kier molecular flexibility index (Phi) is 6.32. The maximum atomic E-state index is 13.6. The second kappa shape index (κ2) is 9.61. The number of hydrogen-bond donors (Lipinski definition) is 0. The highest BCUT2D eigenvalue weighted by atomic mass is 19.4. The molecule has 3 heterocycles. The van der Waals surface area contributed by atoms with E-state index in [9.17, 15) is 22.8 Å². The average molecular weight is 506 g/mol. The van der Waals surface area contributed by atoms with Gasteiger partial charge in [-0.3, -0.25) is 19.5 Å². The molecule has 3 aromatic rings. The highest BCUT2D eigenvalue weighted by Crippen LogP contribution is 2.45. The molecule has 0 spiro atoms. The number of carbonyl (C=O) groups is 2. The van der Waals surface area contributed by atoms with Gasteiger partial charge in [0.1, 0.15) is 12.6 Å². The number of alkyl halides is 3. The molecule has 2 aliphatic rings. The Bertz CT molecular complexity index is 1420. The van der Waals surface area contributed by atoms with Gasteiger partial charge in [-0.2, -0.15) is 23.4 Å². The lowest BCUT2D eigenvalue weighted by atomic mass is 9.89. The maximum Gasteiger partial charge on any atom is 0.406 e. The average Bonchev–Trinajstić information content (AvgIpc) is 3.39. The van der Waals surface area contributed by atoms with Crippen LogP contribution in [0.25, 0.3) is 11.1 Å². The van der Waals surface area contributed by atoms with Crippen molar-refractivity contribution in [1.82, 2.24) is 9.88 Å². The molecule has 0 radical (unpaired) electrons. The second-order valence-electron chi connectivity index (χ2n) is 8.72. The Morgan fingerprint density at radius 2 is 1.84 bits per heavy atom. The first-order valence-electron chi connectivity index (χ1n) is 11.7. The molecule has 188 valence electrons. The third kappa shape index (κ3) is 4.74. The number of amides is 2. The molecule has 0 bridgehead atoms. The zero-order valence-corrected chi connectivity index (χ0v) is 19.8. The molecule has 10 heteroatoms. The van der Waals surface area contributed by atoms with Crippen molar-refractivity contribution in [3.05, 3.63) is 95.5 Å². The number of hydrogen-bond acceptors (Lipinski definition) is 5. The monoisotopic (exact) mass is 505 g/mol. The van der Waals surface area contributed by atoms with E-state index < -0.39 is 24.7 Å². The van der Waals surface area contributed by atoms with Crippen molar-refractivity contribution in [1.29, 1.82) is 0 Å². The highest BCUT2D eigenvalue weighted by Gasteiger charge is 2.43. The van der Waals surface area contributed by atoms with Crippen molar-refractivity contribution >= 4 is 17.5 Å². The summed E-state index contributed by atoms with van der Waals surface area (Å²) in [7, 11) is 0. The molecule has 2 amide bonds. The molecule has 0 N–H and O–H groups in total. The lowest BCUT2D eigenvalue weighted by molar-refractivity contribution is -0.130. The first-order chi connectivity index (χ1) is 17.8. The molecule has 1 aromatic heterocycles. The number of fused-ring (bicyclic) bond motifs is 3. The minimum absolute atomic E-state index is 0.106. The summed E-state index contributed by atoms with van der Waals surface area (Å²) in [6, 6.07) is 14.8. The van der Waals surface area contributed by atoms with Crippen molar-refractivity contribution in [3.63, 3.8) is 0 Å². The lowest BCUT2D eigenvalue weighted by Crippen LogP contribution is -2.43. The van der Waals surface area contributed by atoms with Gasteiger partial charge in [-0.05, 0) is 47.9 Å². The molecule has 5 rings (SSSR count). The van der Waals surface area contributed by atoms with Crippen molar-refractivity contribution in [2.75, 3.05) is 18.0 Å². The van der Waals surface area contributed by atoms with Gasteiger partial charge < -0.3 is 4.90 Å². The Balaban J connectivity index is 1.55. The first-order valence-corrected chi connectivity index (χ1v) is 11.7. The summed E-state index contributed by atoms with van der Waals surface area (Å²) in [6.07, 6.45) is -0.0740. The predicted octanol–water partition coefficient (Wildman–Crippen LogP) is 5.71. The Morgan fingerprint density at radius 3 is 2.57 bits per heavy atom. The molecular weight excluding hydrogens is 483 g/mol. The van der Waals surface area contributed by atoms with E-state index in [-0.39, 0.29) is 17.2 Å². The van der Waals surface area contributed by atoms with E-state index in [0.717, 1.165) is 5.56 Å². The number of halogens is 3. The van der Waals surface area contributed by atoms with E-state index >= 15 is 0 Å². The SMILES string of the molecule is CCN(Cc1ccncc1)C(=O)c1ccccc1-c1ccc2c(c1)N(CC(F)(F)F)C(=O)C1=CN=NC12. The Morgan fingerprint density at radius 1 is 1.08 bits per heavy atom. The van der Waals surface area contributed by atoms with Crippen LogP contribution in [0.2, 0.25) is 0 Å². The van der Waals surface area contributed by atoms with Gasteiger partial charge >= 0.3 is 6.18 Å². The first kappa shape index (κ1) is 24.4. The normalized spacial score (nSPS) is 16.3. The molecule has 0 fully saturated rings. The molecule has 37 heavy (non-hydrogen) atoms. The highest BCUT2D eigenvalue weighted by molar-refractivity contribution is 6.10. The number of anilines is 1. The second-order valence-corrected chi connectivity index (χ2v) is 8.72. The van der Waals surface area contributed by atoms with Crippen LogP contribution >= 0.6 is 0 Å². The van der Waals surface area contributed by atoms with Crippen LogP contribution in [0.3, 0.4) is 0 Å². The van der Waals surface area contributed by atoms with Crippen LogP contribution in [-0.2, 0) is 11.3 Å². The number of pyridine rings is 1. The number of aromatic nitrogens is 1. The lowest BCUT2D eigenvalue weighted by Gasteiger charge is -2.33. The van der Waals surface area contributed by atoms with Crippen LogP contribution < -0.4 is 4.90 Å². The van der Waals surface area contributed by atoms with Gasteiger partial charge in [0, 0.05) is 36.6 Å². The molecule has 7 nitrogen and oxygen atoms in total. The molecule has 0 saturated carbocycles. The van der Waals surface area contributed by atoms with E-state index in [2.05, 4.69) is 15.2 Å². The standard InChI is InChI=1S/C27H22F3N5O2/c1-2-34(15-17-9-11-31-12-10-17)25(36)20-6-4-3-5-19(20)18-7-8-21-23(13-18)35(16-27(28,29)30)26(37)22-14-32-33-24(21)22/h3-14,24H,2,15-16H2,1H3. The van der Waals surface area contributed by atoms with E-state index in [1.165, 1.54) is 12.3 Å². The van der Waals surface area contributed by atoms with Crippen LogP contribution in [0.1, 0.15) is 34.5 Å². The Labute approximate surface area is 210 Å². The third-order valence-corrected chi connectivity index (χ3v) is 6.38. The van der Waals surface area contributed by atoms with Crippen molar-refractivity contribution in [3.8, 4) is 11.1 Å². The van der Waals surface area contributed by atoms with Crippen LogP contribution in [0.4, 0.5) is 18.9 Å². The van der Waals surface area contributed by atoms with E-state index in [1.807, 2.05) is 19.1 Å². The summed E-state index contributed by atoms with van der Waals surface area (Å²) in [6.45, 7) is 1.27. The predicted molar refractivity (Wildman–Crippen MR) is 131 cm³/mol. The topological polar surface area (TPSA) is 78.2 Å². The molecule has 0 aliphatic carbocycles. The van der Waals surface area contributed by atoms with Crippen LogP contribution in [0, 0.1) is 0 Å². The Hall–Kier alpha value is -4.34. The summed E-state index contributed by atoms with van der Waals surface area (Å²) in [5, 5.41) is 7.81. The van der Waals surface area contributed by atoms with Gasteiger partial charge in [-0.25, -0.2) is 0 Å². The summed E-state index contributed by atoms with van der Waals surface area (Å²) in [5.41, 5.74) is 3.07. The summed E-state index contributed by atoms with van der Waals surface area (Å²) in [5.74, 6) is -0.999. The minimum Gasteiger partial charge on any atom is -0.335 e. The summed E-state index contributed by atoms with van der Waals surface area (Å²) >= 11 is 0. The quantitative estimate of drug-likeness (QED) is 0.431. The number of nitrogens with zero attached hydrogens (tertiary/aromatic N) is 5. The zero-order chi connectivity index (χ0) is 26.2. The molecule has 2 aliphatic heterocycles.